The monoisotopic (exact) mass is 457 g/mol. The molecule has 0 saturated carbocycles. The maximum Gasteiger partial charge on any atom is 0.573 e. The van der Waals surface area contributed by atoms with Crippen molar-refractivity contribution in [1.82, 2.24) is 0 Å². The van der Waals surface area contributed by atoms with E-state index in [2.05, 4.69) is 10.1 Å². The molecule has 2 N–H and O–H groups in total. The molecule has 0 bridgehead atoms. The number of hydrogen-bond acceptors (Lipinski definition) is 5. The van der Waals surface area contributed by atoms with E-state index >= 15 is 0 Å². The number of hydrogen-bond donors (Lipinski definition) is 2. The van der Waals surface area contributed by atoms with Crippen molar-refractivity contribution in [1.29, 1.82) is 0 Å². The number of benzene rings is 1. The molecule has 0 aliphatic carbocycles. The van der Waals surface area contributed by atoms with E-state index in [0.717, 1.165) is 17.0 Å². The molecule has 2 rings (SSSR count). The Morgan fingerprint density at radius 2 is 1.71 bits per heavy atom. The van der Waals surface area contributed by atoms with Gasteiger partial charge in [0.25, 0.3) is 0 Å². The fourth-order valence-electron chi connectivity index (χ4n) is 2.92. The van der Waals surface area contributed by atoms with E-state index < -0.39 is 35.2 Å². The second-order valence-electron chi connectivity index (χ2n) is 7.67. The molecule has 10 heteroatoms. The zero-order valence-corrected chi connectivity index (χ0v) is 17.9. The number of halogens is 3. The molecule has 1 amide bonds. The van der Waals surface area contributed by atoms with Gasteiger partial charge < -0.3 is 15.2 Å². The first-order chi connectivity index (χ1) is 14.3. The molecular weight excluding hydrogens is 435 g/mol. The zero-order chi connectivity index (χ0) is 23.4. The van der Waals surface area contributed by atoms with Crippen LogP contribution in [0.1, 0.15) is 54.4 Å². The lowest BCUT2D eigenvalue weighted by Gasteiger charge is -2.21. The predicted molar refractivity (Wildman–Crippen MR) is 110 cm³/mol. The number of ketones is 1. The normalized spacial score (nSPS) is 11.8. The van der Waals surface area contributed by atoms with Crippen LogP contribution in [0, 0.1) is 5.41 Å². The molecule has 0 atom stereocenters. The number of amides is 1. The molecule has 0 aliphatic rings. The third-order valence-electron chi connectivity index (χ3n) is 4.25. The molecule has 1 heterocycles. The fraction of sp³-hybridized carbons (Fsp3) is 0.381. The van der Waals surface area contributed by atoms with E-state index in [1.165, 1.54) is 23.5 Å². The number of carbonyl (C=O) groups excluding carboxylic acids is 2. The van der Waals surface area contributed by atoms with Gasteiger partial charge in [0.15, 0.2) is 5.78 Å². The Morgan fingerprint density at radius 3 is 2.23 bits per heavy atom. The van der Waals surface area contributed by atoms with Crippen LogP contribution in [0.5, 0.6) is 5.75 Å². The van der Waals surface area contributed by atoms with E-state index in [1.54, 1.807) is 19.9 Å². The van der Waals surface area contributed by atoms with Crippen LogP contribution in [0.4, 0.5) is 18.2 Å². The molecule has 0 spiro atoms. The molecule has 1 aromatic carbocycles. The second kappa shape index (κ2) is 9.51. The van der Waals surface area contributed by atoms with Crippen LogP contribution in [-0.4, -0.2) is 29.1 Å². The minimum Gasteiger partial charge on any atom is -0.481 e. The van der Waals surface area contributed by atoms with Gasteiger partial charge in [-0.05, 0) is 42.2 Å². The van der Waals surface area contributed by atoms with Crippen molar-refractivity contribution in [2.75, 3.05) is 5.32 Å². The molecule has 0 saturated heterocycles. The van der Waals surface area contributed by atoms with Gasteiger partial charge in [0.1, 0.15) is 10.8 Å². The van der Waals surface area contributed by atoms with Gasteiger partial charge in [-0.3, -0.25) is 14.4 Å². The number of thiophene rings is 1. The predicted octanol–water partition coefficient (Wildman–Crippen LogP) is 5.27. The highest BCUT2D eigenvalue weighted by atomic mass is 32.1. The minimum atomic E-state index is -4.83. The Balaban J connectivity index is 2.22. The second-order valence-corrected chi connectivity index (χ2v) is 8.81. The number of alkyl halides is 3. The molecular formula is C21H22F3NO5S. The molecule has 0 unspecified atom stereocenters. The van der Waals surface area contributed by atoms with Gasteiger partial charge in [0, 0.05) is 16.9 Å². The molecule has 6 nitrogen and oxygen atoms in total. The van der Waals surface area contributed by atoms with E-state index in [-0.39, 0.29) is 24.0 Å². The first-order valence-electron chi connectivity index (χ1n) is 9.34. The van der Waals surface area contributed by atoms with Gasteiger partial charge in [-0.2, -0.15) is 0 Å². The maximum absolute atomic E-state index is 12.9. The average Bonchev–Trinajstić information content (AvgIpc) is 3.01. The summed E-state index contributed by atoms with van der Waals surface area (Å²) >= 11 is 1.22. The average molecular weight is 457 g/mol. The van der Waals surface area contributed by atoms with E-state index in [4.69, 9.17) is 5.11 Å². The SMILES string of the molecule is CCc1cc(C(=O)c2ccc(OC(F)(F)F)cc2)c(NC(=O)CC(C)(C)CC(=O)O)s1. The molecule has 0 fully saturated rings. The van der Waals surface area contributed by atoms with Crippen LogP contribution in [0.2, 0.25) is 0 Å². The summed E-state index contributed by atoms with van der Waals surface area (Å²) in [7, 11) is 0. The van der Waals surface area contributed by atoms with Gasteiger partial charge in [-0.15, -0.1) is 24.5 Å². The van der Waals surface area contributed by atoms with Crippen molar-refractivity contribution in [3.63, 3.8) is 0 Å². The molecule has 168 valence electrons. The Labute approximate surface area is 181 Å². The van der Waals surface area contributed by atoms with Crippen LogP contribution in [0.15, 0.2) is 30.3 Å². The third kappa shape index (κ3) is 7.39. The fourth-order valence-corrected chi connectivity index (χ4v) is 3.93. The van der Waals surface area contributed by atoms with Crippen molar-refractivity contribution in [3.05, 3.63) is 46.3 Å². The van der Waals surface area contributed by atoms with E-state index in [0.29, 0.717) is 11.4 Å². The molecule has 31 heavy (non-hydrogen) atoms. The summed E-state index contributed by atoms with van der Waals surface area (Å²) in [6.45, 7) is 5.19. The van der Waals surface area contributed by atoms with Gasteiger partial charge in [-0.1, -0.05) is 20.8 Å². The van der Waals surface area contributed by atoms with Crippen LogP contribution < -0.4 is 10.1 Å². The number of ether oxygens (including phenoxy) is 1. The molecule has 2 aromatic rings. The minimum absolute atomic E-state index is 0.0598. The first kappa shape index (κ1) is 24.4. The number of nitrogens with one attached hydrogen (secondary N) is 1. The standard InChI is InChI=1S/C21H22F3NO5S/c1-4-14-9-15(18(29)12-5-7-13(8-6-12)30-21(22,23)24)19(31-14)25-16(26)10-20(2,3)11-17(27)28/h5-9H,4,10-11H2,1-3H3,(H,25,26)(H,27,28). The highest BCUT2D eigenvalue weighted by molar-refractivity contribution is 7.16. The van der Waals surface area contributed by atoms with Crippen molar-refractivity contribution in [2.24, 2.45) is 5.41 Å². The number of aryl methyl sites for hydroxylation is 1. The summed E-state index contributed by atoms with van der Waals surface area (Å²) in [5, 5.41) is 12.0. The van der Waals surface area contributed by atoms with Gasteiger partial charge in [0.05, 0.1) is 12.0 Å². The van der Waals surface area contributed by atoms with Gasteiger partial charge in [0.2, 0.25) is 5.91 Å². The summed E-state index contributed by atoms with van der Waals surface area (Å²) in [5.41, 5.74) is -0.424. The van der Waals surface area contributed by atoms with Crippen LogP contribution in [0.3, 0.4) is 0 Å². The lowest BCUT2D eigenvalue weighted by molar-refractivity contribution is -0.274. The summed E-state index contributed by atoms with van der Waals surface area (Å²) in [6.07, 6.45) is -4.47. The Hall–Kier alpha value is -2.88. The summed E-state index contributed by atoms with van der Waals surface area (Å²) in [4.78, 5) is 37.2. The Morgan fingerprint density at radius 1 is 1.10 bits per heavy atom. The lowest BCUT2D eigenvalue weighted by Crippen LogP contribution is -2.25. The topological polar surface area (TPSA) is 92.7 Å². The van der Waals surface area contributed by atoms with Crippen LogP contribution >= 0.6 is 11.3 Å². The number of rotatable bonds is 9. The van der Waals surface area contributed by atoms with Gasteiger partial charge in [-0.25, -0.2) is 0 Å². The largest absolute Gasteiger partial charge is 0.573 e. The van der Waals surface area contributed by atoms with Crippen LogP contribution in [0.25, 0.3) is 0 Å². The zero-order valence-electron chi connectivity index (χ0n) is 17.1. The van der Waals surface area contributed by atoms with Crippen molar-refractivity contribution >= 4 is 34.0 Å². The summed E-state index contributed by atoms with van der Waals surface area (Å²) in [5.74, 6) is -2.36. The highest BCUT2D eigenvalue weighted by Gasteiger charge is 2.31. The lowest BCUT2D eigenvalue weighted by atomic mass is 9.85. The van der Waals surface area contributed by atoms with E-state index in [9.17, 15) is 27.6 Å². The quantitative estimate of drug-likeness (QED) is 0.501. The summed E-state index contributed by atoms with van der Waals surface area (Å²) in [6, 6.07) is 6.15. The maximum atomic E-state index is 12.9. The Bertz CT molecular complexity index is 964. The number of carbonyl (C=O) groups is 3. The number of aliphatic carboxylic acids is 1. The number of carboxylic acid groups (broad SMARTS) is 1. The number of carboxylic acids is 1. The van der Waals surface area contributed by atoms with Crippen molar-refractivity contribution in [3.8, 4) is 5.75 Å². The van der Waals surface area contributed by atoms with Gasteiger partial charge >= 0.3 is 12.3 Å². The van der Waals surface area contributed by atoms with Crippen molar-refractivity contribution in [2.45, 2.75) is 46.4 Å². The van der Waals surface area contributed by atoms with Crippen LogP contribution in [-0.2, 0) is 16.0 Å². The summed E-state index contributed by atoms with van der Waals surface area (Å²) < 4.78 is 40.7. The number of anilines is 1. The van der Waals surface area contributed by atoms with E-state index in [1.807, 2.05) is 6.92 Å². The van der Waals surface area contributed by atoms with Crippen molar-refractivity contribution < 1.29 is 37.4 Å². The smallest absolute Gasteiger partial charge is 0.481 e. The molecule has 0 aliphatic heterocycles. The third-order valence-corrected chi connectivity index (χ3v) is 5.44. The molecule has 0 radical (unpaired) electrons. The Kier molecular flexibility index (Phi) is 7.48. The first-order valence-corrected chi connectivity index (χ1v) is 10.2. The highest BCUT2D eigenvalue weighted by Crippen LogP contribution is 2.33. The molecule has 1 aromatic heterocycles.